The third-order valence-electron chi connectivity index (χ3n) is 2.48. The minimum atomic E-state index is -0.435. The number of carbonyl (C=O) groups is 1. The van der Waals surface area contributed by atoms with Gasteiger partial charge in [-0.05, 0) is 32.6 Å². The molecule has 13 heavy (non-hydrogen) atoms. The van der Waals surface area contributed by atoms with Gasteiger partial charge in [-0.15, -0.1) is 11.6 Å². The summed E-state index contributed by atoms with van der Waals surface area (Å²) in [6, 6.07) is 0.607. The Hall–Kier alpha value is -0.280. The van der Waals surface area contributed by atoms with Gasteiger partial charge in [0.1, 0.15) is 5.38 Å². The molecule has 0 bridgehead atoms. The quantitative estimate of drug-likeness (QED) is 0.660. The molecule has 0 heterocycles. The third-order valence-corrected chi connectivity index (χ3v) is 2.68. The van der Waals surface area contributed by atoms with Crippen LogP contribution in [0.5, 0.6) is 0 Å². The van der Waals surface area contributed by atoms with Gasteiger partial charge < -0.3 is 11.1 Å². The highest BCUT2D eigenvalue weighted by atomic mass is 35.5. The summed E-state index contributed by atoms with van der Waals surface area (Å²) in [4.78, 5) is 11.2. The summed E-state index contributed by atoms with van der Waals surface area (Å²) in [6.07, 6.45) is 3.97. The predicted octanol–water partition coefficient (Wildman–Crippen LogP) is 1.000. The van der Waals surface area contributed by atoms with Gasteiger partial charge in [-0.25, -0.2) is 0 Å². The van der Waals surface area contributed by atoms with E-state index in [2.05, 4.69) is 5.32 Å². The molecule has 1 amide bonds. The van der Waals surface area contributed by atoms with Gasteiger partial charge in [0.2, 0.25) is 5.91 Å². The largest absolute Gasteiger partial charge is 0.352 e. The van der Waals surface area contributed by atoms with E-state index in [1.165, 1.54) is 0 Å². The first kappa shape index (κ1) is 10.8. The van der Waals surface area contributed by atoms with Crippen LogP contribution in [0.1, 0.15) is 32.6 Å². The molecule has 0 aromatic rings. The van der Waals surface area contributed by atoms with Crippen molar-refractivity contribution in [3.63, 3.8) is 0 Å². The highest BCUT2D eigenvalue weighted by Gasteiger charge is 2.21. The Morgan fingerprint density at radius 2 is 2.00 bits per heavy atom. The Morgan fingerprint density at radius 3 is 2.46 bits per heavy atom. The molecule has 0 aromatic heterocycles. The lowest BCUT2D eigenvalue weighted by Gasteiger charge is -2.27. The van der Waals surface area contributed by atoms with Crippen LogP contribution in [-0.4, -0.2) is 23.4 Å². The number of hydrogen-bond acceptors (Lipinski definition) is 2. The highest BCUT2D eigenvalue weighted by molar-refractivity contribution is 6.30. The van der Waals surface area contributed by atoms with Crippen LogP contribution in [0.25, 0.3) is 0 Å². The molecule has 1 rings (SSSR count). The molecule has 3 nitrogen and oxygen atoms in total. The van der Waals surface area contributed by atoms with Gasteiger partial charge in [-0.1, -0.05) is 0 Å². The first-order valence-electron chi connectivity index (χ1n) is 4.79. The van der Waals surface area contributed by atoms with Gasteiger partial charge >= 0.3 is 0 Å². The monoisotopic (exact) mass is 204 g/mol. The number of amides is 1. The van der Waals surface area contributed by atoms with Crippen molar-refractivity contribution in [1.82, 2.24) is 5.32 Å². The number of halogens is 1. The first-order valence-corrected chi connectivity index (χ1v) is 5.23. The molecule has 3 N–H and O–H groups in total. The van der Waals surface area contributed by atoms with Crippen molar-refractivity contribution in [2.45, 2.75) is 50.1 Å². The summed E-state index contributed by atoms with van der Waals surface area (Å²) in [7, 11) is 0. The average molecular weight is 205 g/mol. The smallest absolute Gasteiger partial charge is 0.237 e. The highest BCUT2D eigenvalue weighted by Crippen LogP contribution is 2.17. The zero-order valence-corrected chi connectivity index (χ0v) is 8.68. The van der Waals surface area contributed by atoms with Gasteiger partial charge in [-0.3, -0.25) is 4.79 Å². The fraction of sp³-hybridized carbons (Fsp3) is 0.889. The summed E-state index contributed by atoms with van der Waals surface area (Å²) in [5.74, 6) is -0.0675. The summed E-state index contributed by atoms with van der Waals surface area (Å²) in [5, 5.41) is 2.48. The molecule has 1 saturated carbocycles. The van der Waals surface area contributed by atoms with Crippen LogP contribution in [0, 0.1) is 0 Å². The maximum atomic E-state index is 11.2. The van der Waals surface area contributed by atoms with E-state index in [1.807, 2.05) is 0 Å². The van der Waals surface area contributed by atoms with Crippen LogP contribution < -0.4 is 11.1 Å². The van der Waals surface area contributed by atoms with Crippen LogP contribution in [0.2, 0.25) is 0 Å². The van der Waals surface area contributed by atoms with Crippen LogP contribution in [0.4, 0.5) is 0 Å². The molecule has 1 atom stereocenters. The molecule has 4 heteroatoms. The molecule has 0 aliphatic heterocycles. The van der Waals surface area contributed by atoms with E-state index in [9.17, 15) is 4.79 Å². The summed E-state index contributed by atoms with van der Waals surface area (Å²) in [6.45, 7) is 1.69. The van der Waals surface area contributed by atoms with E-state index in [4.69, 9.17) is 17.3 Å². The lowest BCUT2D eigenvalue weighted by molar-refractivity contribution is -0.121. The SMILES string of the molecule is CC(Cl)C(=O)NC1CCC(N)CC1. The lowest BCUT2D eigenvalue weighted by atomic mass is 9.92. The predicted molar refractivity (Wildman–Crippen MR) is 53.7 cm³/mol. The molecular formula is C9H17ClN2O. The summed E-state index contributed by atoms with van der Waals surface area (Å²) >= 11 is 5.64. The van der Waals surface area contributed by atoms with Crippen molar-refractivity contribution >= 4 is 17.5 Å². The molecule has 1 aliphatic carbocycles. The molecule has 1 aliphatic rings. The van der Waals surface area contributed by atoms with Crippen molar-refractivity contribution in [2.75, 3.05) is 0 Å². The summed E-state index contributed by atoms with van der Waals surface area (Å²) in [5.41, 5.74) is 5.75. The lowest BCUT2D eigenvalue weighted by Crippen LogP contribution is -2.42. The molecule has 0 spiro atoms. The van der Waals surface area contributed by atoms with Crippen molar-refractivity contribution in [3.05, 3.63) is 0 Å². The molecular weight excluding hydrogens is 188 g/mol. The maximum Gasteiger partial charge on any atom is 0.237 e. The number of hydrogen-bond donors (Lipinski definition) is 2. The van der Waals surface area contributed by atoms with Gasteiger partial charge in [0.05, 0.1) is 0 Å². The minimum absolute atomic E-state index is 0.0675. The normalized spacial score (nSPS) is 31.0. The van der Waals surface area contributed by atoms with Gasteiger partial charge in [0.15, 0.2) is 0 Å². The Morgan fingerprint density at radius 1 is 1.46 bits per heavy atom. The van der Waals surface area contributed by atoms with Crippen molar-refractivity contribution in [1.29, 1.82) is 0 Å². The Kier molecular flexibility index (Phi) is 4.00. The standard InChI is InChI=1S/C9H17ClN2O/c1-6(10)9(13)12-8-4-2-7(11)3-5-8/h6-8H,2-5,11H2,1H3,(H,12,13). The second-order valence-electron chi connectivity index (χ2n) is 3.74. The Labute approximate surface area is 84.0 Å². The first-order chi connectivity index (χ1) is 6.09. The van der Waals surface area contributed by atoms with Crippen LogP contribution >= 0.6 is 11.6 Å². The molecule has 0 radical (unpaired) electrons. The van der Waals surface area contributed by atoms with Gasteiger partial charge in [0.25, 0.3) is 0 Å². The van der Waals surface area contributed by atoms with E-state index in [1.54, 1.807) is 6.92 Å². The van der Waals surface area contributed by atoms with Crippen molar-refractivity contribution < 1.29 is 4.79 Å². The fourth-order valence-corrected chi connectivity index (χ4v) is 1.64. The number of nitrogens with two attached hydrogens (primary N) is 1. The molecule has 76 valence electrons. The van der Waals surface area contributed by atoms with Crippen LogP contribution in [-0.2, 0) is 4.79 Å². The summed E-state index contributed by atoms with van der Waals surface area (Å²) < 4.78 is 0. The van der Waals surface area contributed by atoms with Crippen LogP contribution in [0.15, 0.2) is 0 Å². The molecule has 0 saturated heterocycles. The average Bonchev–Trinajstić information content (AvgIpc) is 2.08. The van der Waals surface area contributed by atoms with E-state index >= 15 is 0 Å². The van der Waals surface area contributed by atoms with Crippen LogP contribution in [0.3, 0.4) is 0 Å². The second kappa shape index (κ2) is 4.82. The van der Waals surface area contributed by atoms with E-state index in [0.29, 0.717) is 6.04 Å². The second-order valence-corrected chi connectivity index (χ2v) is 4.39. The van der Waals surface area contributed by atoms with Gasteiger partial charge in [-0.2, -0.15) is 0 Å². The topological polar surface area (TPSA) is 55.1 Å². The minimum Gasteiger partial charge on any atom is -0.352 e. The zero-order chi connectivity index (χ0) is 9.84. The zero-order valence-electron chi connectivity index (χ0n) is 7.92. The van der Waals surface area contributed by atoms with Crippen molar-refractivity contribution in [2.24, 2.45) is 5.73 Å². The number of rotatable bonds is 2. The van der Waals surface area contributed by atoms with Crippen molar-refractivity contribution in [3.8, 4) is 0 Å². The molecule has 0 aromatic carbocycles. The Balaban J connectivity index is 2.26. The van der Waals surface area contributed by atoms with E-state index in [0.717, 1.165) is 25.7 Å². The van der Waals surface area contributed by atoms with E-state index < -0.39 is 5.38 Å². The third kappa shape index (κ3) is 3.53. The number of nitrogens with one attached hydrogen (secondary N) is 1. The Bertz CT molecular complexity index is 176. The van der Waals surface area contributed by atoms with E-state index in [-0.39, 0.29) is 11.9 Å². The molecule has 1 fully saturated rings. The molecule has 1 unspecified atom stereocenters. The fourth-order valence-electron chi connectivity index (χ4n) is 1.58. The number of alkyl halides is 1. The maximum absolute atomic E-state index is 11.2. The van der Waals surface area contributed by atoms with Gasteiger partial charge in [0, 0.05) is 12.1 Å². The number of carbonyl (C=O) groups excluding carboxylic acids is 1.